The van der Waals surface area contributed by atoms with Crippen molar-refractivity contribution in [3.63, 3.8) is 0 Å². The Labute approximate surface area is 130 Å². The third kappa shape index (κ3) is 2.03. The Morgan fingerprint density at radius 3 is 2.23 bits per heavy atom. The van der Waals surface area contributed by atoms with Gasteiger partial charge in [-0.2, -0.15) is 0 Å². The predicted molar refractivity (Wildman–Crippen MR) is 93.4 cm³/mol. The van der Waals surface area contributed by atoms with E-state index in [1.54, 1.807) is 0 Å². The molecule has 1 aromatic heterocycles. The lowest BCUT2D eigenvalue weighted by Crippen LogP contribution is -1.99. The summed E-state index contributed by atoms with van der Waals surface area (Å²) in [6.07, 6.45) is 0. The standard InChI is InChI=1S/C21H17N/c1-16-14-15-20(18-9-3-2-4-10-18)22(16)21-13-7-11-17-8-5-6-12-19(17)21/h2-15H,1H3. The largest absolute Gasteiger partial charge is 0.313 e. The summed E-state index contributed by atoms with van der Waals surface area (Å²) >= 11 is 0. The SMILES string of the molecule is Cc1ccc(-c2ccccc2)n1-c1cccc2ccccc12. The van der Waals surface area contributed by atoms with Gasteiger partial charge in [-0.1, -0.05) is 66.7 Å². The maximum atomic E-state index is 2.34. The van der Waals surface area contributed by atoms with Crippen LogP contribution in [0.2, 0.25) is 0 Å². The van der Waals surface area contributed by atoms with Gasteiger partial charge in [0.15, 0.2) is 0 Å². The molecular formula is C21H17N. The molecule has 22 heavy (non-hydrogen) atoms. The highest BCUT2D eigenvalue weighted by atomic mass is 15.0. The monoisotopic (exact) mass is 283 g/mol. The van der Waals surface area contributed by atoms with Gasteiger partial charge in [0.05, 0.1) is 11.4 Å². The number of aromatic nitrogens is 1. The lowest BCUT2D eigenvalue weighted by Gasteiger charge is -2.14. The molecule has 0 fully saturated rings. The fourth-order valence-electron chi connectivity index (χ4n) is 3.10. The molecule has 0 N–H and O–H groups in total. The van der Waals surface area contributed by atoms with Crippen molar-refractivity contribution in [2.75, 3.05) is 0 Å². The van der Waals surface area contributed by atoms with Gasteiger partial charge in [0.1, 0.15) is 0 Å². The van der Waals surface area contributed by atoms with Gasteiger partial charge >= 0.3 is 0 Å². The summed E-state index contributed by atoms with van der Waals surface area (Å²) in [5, 5.41) is 2.55. The van der Waals surface area contributed by atoms with Crippen LogP contribution in [0.5, 0.6) is 0 Å². The Morgan fingerprint density at radius 2 is 1.36 bits per heavy atom. The van der Waals surface area contributed by atoms with Gasteiger partial charge in [0.25, 0.3) is 0 Å². The van der Waals surface area contributed by atoms with Crippen molar-refractivity contribution < 1.29 is 0 Å². The van der Waals surface area contributed by atoms with Gasteiger partial charge < -0.3 is 4.57 Å². The first-order chi connectivity index (χ1) is 10.8. The molecule has 0 amide bonds. The zero-order valence-electron chi connectivity index (χ0n) is 12.5. The molecule has 0 aliphatic heterocycles. The smallest absolute Gasteiger partial charge is 0.0536 e. The maximum Gasteiger partial charge on any atom is 0.0536 e. The van der Waals surface area contributed by atoms with E-state index in [1.807, 2.05) is 0 Å². The molecule has 0 saturated carbocycles. The zero-order valence-corrected chi connectivity index (χ0v) is 12.5. The highest BCUT2D eigenvalue weighted by Crippen LogP contribution is 2.30. The van der Waals surface area contributed by atoms with Crippen molar-refractivity contribution in [2.45, 2.75) is 6.92 Å². The first-order valence-corrected chi connectivity index (χ1v) is 7.56. The Balaban J connectivity index is 2.02. The van der Waals surface area contributed by atoms with E-state index in [9.17, 15) is 0 Å². The summed E-state index contributed by atoms with van der Waals surface area (Å²) in [6, 6.07) is 30.0. The minimum Gasteiger partial charge on any atom is -0.313 e. The molecular weight excluding hydrogens is 266 g/mol. The zero-order chi connectivity index (χ0) is 14.9. The van der Waals surface area contributed by atoms with E-state index in [4.69, 9.17) is 0 Å². The molecule has 1 heterocycles. The third-order valence-electron chi connectivity index (χ3n) is 4.15. The number of fused-ring (bicyclic) bond motifs is 1. The van der Waals surface area contributed by atoms with Gasteiger partial charge in [0, 0.05) is 11.1 Å². The van der Waals surface area contributed by atoms with Crippen molar-refractivity contribution >= 4 is 10.8 Å². The Morgan fingerprint density at radius 1 is 0.636 bits per heavy atom. The average Bonchev–Trinajstić information content (AvgIpc) is 2.96. The summed E-state index contributed by atoms with van der Waals surface area (Å²) in [6.45, 7) is 2.16. The van der Waals surface area contributed by atoms with Crippen LogP contribution in [0.1, 0.15) is 5.69 Å². The molecule has 4 aromatic rings. The molecule has 0 aliphatic rings. The molecule has 0 unspecified atom stereocenters. The van der Waals surface area contributed by atoms with Gasteiger partial charge in [-0.05, 0) is 36.1 Å². The van der Waals surface area contributed by atoms with Gasteiger partial charge in [-0.3, -0.25) is 0 Å². The molecule has 106 valence electrons. The molecule has 0 radical (unpaired) electrons. The van der Waals surface area contributed by atoms with Gasteiger partial charge in [-0.15, -0.1) is 0 Å². The fraction of sp³-hybridized carbons (Fsp3) is 0.0476. The summed E-state index contributed by atoms with van der Waals surface area (Å²) in [5.41, 5.74) is 4.95. The van der Waals surface area contributed by atoms with Crippen molar-refractivity contribution in [1.29, 1.82) is 0 Å². The van der Waals surface area contributed by atoms with Gasteiger partial charge in [0.2, 0.25) is 0 Å². The van der Waals surface area contributed by atoms with E-state index in [1.165, 1.54) is 33.4 Å². The van der Waals surface area contributed by atoms with E-state index < -0.39 is 0 Å². The number of nitrogens with zero attached hydrogens (tertiary/aromatic N) is 1. The van der Waals surface area contributed by atoms with Crippen molar-refractivity contribution in [1.82, 2.24) is 4.57 Å². The number of hydrogen-bond acceptors (Lipinski definition) is 0. The summed E-state index contributed by atoms with van der Waals surface area (Å²) in [7, 11) is 0. The molecule has 0 aliphatic carbocycles. The molecule has 0 atom stereocenters. The lowest BCUT2D eigenvalue weighted by atomic mass is 10.1. The van der Waals surface area contributed by atoms with Crippen LogP contribution in [0, 0.1) is 6.92 Å². The van der Waals surface area contributed by atoms with Crippen LogP contribution in [0.15, 0.2) is 84.9 Å². The summed E-state index contributed by atoms with van der Waals surface area (Å²) < 4.78 is 2.34. The second kappa shape index (κ2) is 5.19. The molecule has 0 bridgehead atoms. The number of rotatable bonds is 2. The van der Waals surface area contributed by atoms with E-state index >= 15 is 0 Å². The number of benzene rings is 3. The van der Waals surface area contributed by atoms with Crippen LogP contribution in [-0.2, 0) is 0 Å². The van der Waals surface area contributed by atoms with E-state index in [0.29, 0.717) is 0 Å². The van der Waals surface area contributed by atoms with Crippen LogP contribution in [-0.4, -0.2) is 4.57 Å². The minimum absolute atomic E-state index is 1.23. The predicted octanol–water partition coefficient (Wildman–Crippen LogP) is 5.61. The lowest BCUT2D eigenvalue weighted by molar-refractivity contribution is 1.03. The van der Waals surface area contributed by atoms with E-state index in [0.717, 1.165) is 0 Å². The normalized spacial score (nSPS) is 11.0. The number of aryl methyl sites for hydroxylation is 1. The first kappa shape index (κ1) is 12.9. The Kier molecular flexibility index (Phi) is 3.05. The van der Waals surface area contributed by atoms with Crippen LogP contribution in [0.3, 0.4) is 0 Å². The quantitative estimate of drug-likeness (QED) is 0.451. The second-order valence-electron chi connectivity index (χ2n) is 5.56. The first-order valence-electron chi connectivity index (χ1n) is 7.56. The Hall–Kier alpha value is -2.80. The van der Waals surface area contributed by atoms with Crippen LogP contribution < -0.4 is 0 Å². The molecule has 0 spiro atoms. The maximum absolute atomic E-state index is 2.34. The van der Waals surface area contributed by atoms with Crippen molar-refractivity contribution in [3.8, 4) is 16.9 Å². The molecule has 1 heteroatoms. The highest BCUT2D eigenvalue weighted by molar-refractivity contribution is 5.91. The fourth-order valence-corrected chi connectivity index (χ4v) is 3.10. The summed E-state index contributed by atoms with van der Waals surface area (Å²) in [4.78, 5) is 0. The van der Waals surface area contributed by atoms with Crippen molar-refractivity contribution in [2.24, 2.45) is 0 Å². The van der Waals surface area contributed by atoms with Crippen LogP contribution in [0.4, 0.5) is 0 Å². The van der Waals surface area contributed by atoms with E-state index in [2.05, 4.69) is 96.4 Å². The van der Waals surface area contributed by atoms with Crippen LogP contribution >= 0.6 is 0 Å². The molecule has 1 nitrogen and oxygen atoms in total. The number of hydrogen-bond donors (Lipinski definition) is 0. The van der Waals surface area contributed by atoms with E-state index in [-0.39, 0.29) is 0 Å². The van der Waals surface area contributed by atoms with Crippen LogP contribution in [0.25, 0.3) is 27.7 Å². The molecule has 4 rings (SSSR count). The van der Waals surface area contributed by atoms with Gasteiger partial charge in [-0.25, -0.2) is 0 Å². The summed E-state index contributed by atoms with van der Waals surface area (Å²) in [5.74, 6) is 0. The molecule has 3 aromatic carbocycles. The van der Waals surface area contributed by atoms with Crippen molar-refractivity contribution in [3.05, 3.63) is 90.6 Å². The topological polar surface area (TPSA) is 4.93 Å². The Bertz CT molecular complexity index is 927. The minimum atomic E-state index is 1.23. The average molecular weight is 283 g/mol. The third-order valence-corrected chi connectivity index (χ3v) is 4.15. The second-order valence-corrected chi connectivity index (χ2v) is 5.56. The molecule has 0 saturated heterocycles. The highest BCUT2D eigenvalue weighted by Gasteiger charge is 2.11.